The van der Waals surface area contributed by atoms with Gasteiger partial charge in [-0.05, 0) is 34.8 Å². The van der Waals surface area contributed by atoms with Crippen LogP contribution in [0.1, 0.15) is 17.7 Å². The van der Waals surface area contributed by atoms with Gasteiger partial charge in [-0.25, -0.2) is 0 Å². The van der Waals surface area contributed by atoms with Crippen LogP contribution in [0.15, 0.2) is 15.9 Å². The zero-order valence-corrected chi connectivity index (χ0v) is 9.77. The number of hydrogen-bond acceptors (Lipinski definition) is 3. The predicted molar refractivity (Wildman–Crippen MR) is 58.5 cm³/mol. The molecule has 1 fully saturated rings. The van der Waals surface area contributed by atoms with Crippen molar-refractivity contribution in [1.82, 2.24) is 0 Å². The first kappa shape index (κ1) is 10.1. The fourth-order valence-corrected chi connectivity index (χ4v) is 3.39. The summed E-state index contributed by atoms with van der Waals surface area (Å²) in [6.07, 6.45) is 1.76. The molecule has 5 heteroatoms. The van der Waals surface area contributed by atoms with Crippen molar-refractivity contribution >= 4 is 33.2 Å². The summed E-state index contributed by atoms with van der Waals surface area (Å²) in [5, 5.41) is 10.9. The summed E-state index contributed by atoms with van der Waals surface area (Å²) >= 11 is 4.94. The summed E-state index contributed by atoms with van der Waals surface area (Å²) < 4.78 is 1.00. The molecular formula is C9H10BrNO2S. The summed E-state index contributed by atoms with van der Waals surface area (Å²) in [5.74, 6) is -0.910. The van der Waals surface area contributed by atoms with Crippen molar-refractivity contribution in [2.75, 3.05) is 0 Å². The fourth-order valence-electron chi connectivity index (χ4n) is 1.66. The maximum absolute atomic E-state index is 10.8. The highest BCUT2D eigenvalue weighted by Crippen LogP contribution is 2.52. The molecule has 0 saturated heterocycles. The van der Waals surface area contributed by atoms with Gasteiger partial charge in [0.2, 0.25) is 0 Å². The Labute approximate surface area is 94.1 Å². The summed E-state index contributed by atoms with van der Waals surface area (Å²) in [6.45, 7) is 0. The quantitative estimate of drug-likeness (QED) is 0.887. The van der Waals surface area contributed by atoms with E-state index in [1.807, 2.05) is 11.4 Å². The number of aliphatic carboxylic acids is 1. The number of nitrogens with two attached hydrogens (primary N) is 1. The highest BCUT2D eigenvalue weighted by Gasteiger charge is 2.53. The average Bonchev–Trinajstić information content (AvgIpc) is 2.83. The molecule has 76 valence electrons. The molecule has 1 unspecified atom stereocenters. The molecule has 1 aliphatic rings. The zero-order chi connectivity index (χ0) is 10.3. The molecule has 0 amide bonds. The van der Waals surface area contributed by atoms with E-state index < -0.39 is 12.0 Å². The first-order chi connectivity index (χ1) is 6.56. The Kier molecular flexibility index (Phi) is 2.41. The van der Waals surface area contributed by atoms with Crippen LogP contribution in [0, 0.1) is 0 Å². The molecule has 3 N–H and O–H groups in total. The van der Waals surface area contributed by atoms with E-state index in [9.17, 15) is 4.79 Å². The van der Waals surface area contributed by atoms with Crippen molar-refractivity contribution < 1.29 is 9.90 Å². The van der Waals surface area contributed by atoms with Crippen LogP contribution in [0.25, 0.3) is 0 Å². The predicted octanol–water partition coefficient (Wildman–Crippen LogP) is 1.95. The lowest BCUT2D eigenvalue weighted by atomic mass is 9.95. The van der Waals surface area contributed by atoms with Gasteiger partial charge in [0.1, 0.15) is 6.04 Å². The van der Waals surface area contributed by atoms with Crippen LogP contribution in [0.2, 0.25) is 0 Å². The molecule has 1 aliphatic carbocycles. The fraction of sp³-hybridized carbons (Fsp3) is 0.444. The zero-order valence-electron chi connectivity index (χ0n) is 7.37. The molecule has 0 bridgehead atoms. The molecule has 0 aliphatic heterocycles. The Hall–Kier alpha value is -0.390. The number of halogens is 1. The molecule has 1 aromatic heterocycles. The summed E-state index contributed by atoms with van der Waals surface area (Å²) in [4.78, 5) is 11.9. The van der Waals surface area contributed by atoms with E-state index in [4.69, 9.17) is 10.8 Å². The van der Waals surface area contributed by atoms with E-state index in [0.29, 0.717) is 0 Å². The van der Waals surface area contributed by atoms with Crippen LogP contribution in [-0.2, 0) is 10.2 Å². The van der Waals surface area contributed by atoms with Crippen LogP contribution >= 0.6 is 27.3 Å². The third-order valence-electron chi connectivity index (χ3n) is 2.71. The van der Waals surface area contributed by atoms with Crippen molar-refractivity contribution in [3.63, 3.8) is 0 Å². The van der Waals surface area contributed by atoms with Crippen molar-refractivity contribution in [2.24, 2.45) is 5.73 Å². The Balaban J connectivity index is 2.29. The summed E-state index contributed by atoms with van der Waals surface area (Å²) in [6, 6.07) is 1.20. The van der Waals surface area contributed by atoms with Crippen LogP contribution in [0.5, 0.6) is 0 Å². The molecule has 1 saturated carbocycles. The van der Waals surface area contributed by atoms with Gasteiger partial charge in [-0.2, -0.15) is 0 Å². The van der Waals surface area contributed by atoms with Gasteiger partial charge in [0.25, 0.3) is 0 Å². The van der Waals surface area contributed by atoms with Gasteiger partial charge in [0.15, 0.2) is 0 Å². The van der Waals surface area contributed by atoms with Crippen LogP contribution in [0.4, 0.5) is 0 Å². The molecule has 0 aromatic carbocycles. The topological polar surface area (TPSA) is 63.3 Å². The Morgan fingerprint density at radius 1 is 1.71 bits per heavy atom. The largest absolute Gasteiger partial charge is 0.480 e. The number of thiophene rings is 1. The molecular weight excluding hydrogens is 266 g/mol. The van der Waals surface area contributed by atoms with Gasteiger partial charge >= 0.3 is 5.97 Å². The minimum Gasteiger partial charge on any atom is -0.480 e. The Morgan fingerprint density at radius 2 is 2.36 bits per heavy atom. The Bertz CT molecular complexity index is 373. The second-order valence-corrected chi connectivity index (χ2v) is 5.43. The van der Waals surface area contributed by atoms with Gasteiger partial charge in [0.05, 0.1) is 0 Å². The van der Waals surface area contributed by atoms with E-state index in [2.05, 4.69) is 15.9 Å². The van der Waals surface area contributed by atoms with Gasteiger partial charge in [-0.15, -0.1) is 11.3 Å². The number of carboxylic acid groups (broad SMARTS) is 1. The van der Waals surface area contributed by atoms with Crippen molar-refractivity contribution in [3.05, 3.63) is 20.8 Å². The maximum atomic E-state index is 10.8. The third-order valence-corrected chi connectivity index (χ3v) is 4.62. The number of rotatable bonds is 3. The summed E-state index contributed by atoms with van der Waals surface area (Å²) in [5.41, 5.74) is 5.40. The van der Waals surface area contributed by atoms with E-state index in [1.165, 1.54) is 0 Å². The lowest BCUT2D eigenvalue weighted by Gasteiger charge is -2.17. The van der Waals surface area contributed by atoms with E-state index in [-0.39, 0.29) is 5.41 Å². The van der Waals surface area contributed by atoms with Gasteiger partial charge in [-0.1, -0.05) is 0 Å². The first-order valence-electron chi connectivity index (χ1n) is 4.29. The number of carbonyl (C=O) groups is 1. The molecule has 1 heterocycles. The van der Waals surface area contributed by atoms with E-state index >= 15 is 0 Å². The minimum atomic E-state index is -0.910. The molecule has 2 rings (SSSR count). The second kappa shape index (κ2) is 3.32. The van der Waals surface area contributed by atoms with E-state index in [1.54, 1.807) is 11.3 Å². The van der Waals surface area contributed by atoms with Gasteiger partial charge in [0, 0.05) is 20.1 Å². The number of carboxylic acids is 1. The average molecular weight is 276 g/mol. The summed E-state index contributed by atoms with van der Waals surface area (Å²) in [7, 11) is 0. The van der Waals surface area contributed by atoms with Crippen molar-refractivity contribution in [3.8, 4) is 0 Å². The third kappa shape index (κ3) is 1.49. The maximum Gasteiger partial charge on any atom is 0.321 e. The second-order valence-electron chi connectivity index (χ2n) is 3.60. The molecule has 0 spiro atoms. The molecule has 3 nitrogen and oxygen atoms in total. The first-order valence-corrected chi connectivity index (χ1v) is 5.96. The Morgan fingerprint density at radius 3 is 2.71 bits per heavy atom. The van der Waals surface area contributed by atoms with E-state index in [0.717, 1.165) is 22.2 Å². The smallest absolute Gasteiger partial charge is 0.321 e. The highest BCUT2D eigenvalue weighted by atomic mass is 79.9. The lowest BCUT2D eigenvalue weighted by Crippen LogP contribution is -2.41. The normalized spacial score (nSPS) is 20.4. The number of hydrogen-bond donors (Lipinski definition) is 2. The minimum absolute atomic E-state index is 0.289. The van der Waals surface area contributed by atoms with Crippen molar-refractivity contribution in [1.29, 1.82) is 0 Å². The van der Waals surface area contributed by atoms with Gasteiger partial charge < -0.3 is 10.8 Å². The van der Waals surface area contributed by atoms with Crippen LogP contribution in [0.3, 0.4) is 0 Å². The SMILES string of the molecule is NC(C(=O)O)C1(c2cc(Br)cs2)CC1. The van der Waals surface area contributed by atoms with Crippen LogP contribution < -0.4 is 5.73 Å². The molecule has 0 radical (unpaired) electrons. The standard InChI is InChI=1S/C9H10BrNO2S/c10-5-3-6(14-4-5)9(1-2-9)7(11)8(12)13/h3-4,7H,1-2,11H2,(H,12,13). The molecule has 14 heavy (non-hydrogen) atoms. The van der Waals surface area contributed by atoms with Gasteiger partial charge in [-0.3, -0.25) is 4.79 Å². The highest BCUT2D eigenvalue weighted by molar-refractivity contribution is 9.10. The molecule has 1 aromatic rings. The lowest BCUT2D eigenvalue weighted by molar-refractivity contribution is -0.139. The van der Waals surface area contributed by atoms with Crippen molar-refractivity contribution in [2.45, 2.75) is 24.3 Å². The molecule has 1 atom stereocenters. The monoisotopic (exact) mass is 275 g/mol. The van der Waals surface area contributed by atoms with Crippen LogP contribution in [-0.4, -0.2) is 17.1 Å².